The van der Waals surface area contributed by atoms with Gasteiger partial charge in [0.2, 0.25) is 5.82 Å². The highest BCUT2D eigenvalue weighted by Gasteiger charge is 2.23. The van der Waals surface area contributed by atoms with Gasteiger partial charge >= 0.3 is 5.69 Å². The molecule has 1 N–H and O–H groups in total. The average molecular weight is 274 g/mol. The van der Waals surface area contributed by atoms with Crippen molar-refractivity contribution in [3.8, 4) is 0 Å². The van der Waals surface area contributed by atoms with Crippen molar-refractivity contribution in [3.05, 3.63) is 51.2 Å². The first-order valence-corrected chi connectivity index (χ1v) is 6.53. The van der Waals surface area contributed by atoms with Crippen molar-refractivity contribution in [1.29, 1.82) is 0 Å². The van der Waals surface area contributed by atoms with Gasteiger partial charge in [0.05, 0.1) is 4.92 Å². The quantitative estimate of drug-likeness (QED) is 0.672. The Bertz CT molecular complexity index is 634. The minimum atomic E-state index is -0.392. The first kappa shape index (κ1) is 14.0. The second-order valence-electron chi connectivity index (χ2n) is 4.64. The van der Waals surface area contributed by atoms with Gasteiger partial charge in [-0.15, -0.1) is 0 Å². The molecular formula is C14H18N4O2. The minimum Gasteiger partial charge on any atom is -0.360 e. The molecule has 0 bridgehead atoms. The van der Waals surface area contributed by atoms with Gasteiger partial charge < -0.3 is 5.32 Å². The molecule has 0 radical (unpaired) electrons. The highest BCUT2D eigenvalue weighted by Crippen LogP contribution is 2.27. The van der Waals surface area contributed by atoms with Crippen LogP contribution in [0.4, 0.5) is 11.5 Å². The van der Waals surface area contributed by atoms with Crippen molar-refractivity contribution in [3.63, 3.8) is 0 Å². The first-order chi connectivity index (χ1) is 9.54. The lowest BCUT2D eigenvalue weighted by Crippen LogP contribution is -2.08. The molecule has 0 aliphatic rings. The standard InChI is InChI=1S/C14H18N4O2/c1-4-11-7-5-6-8-12(11)9-15-14-13(18(19)20)10(2)16-17(14)3/h5-8,15H,4,9H2,1-3H3. The molecule has 6 heteroatoms. The summed E-state index contributed by atoms with van der Waals surface area (Å²) >= 11 is 0. The summed E-state index contributed by atoms with van der Waals surface area (Å²) in [5, 5.41) is 18.3. The van der Waals surface area contributed by atoms with Crippen LogP contribution in [0.2, 0.25) is 0 Å². The van der Waals surface area contributed by atoms with E-state index in [1.807, 2.05) is 18.2 Å². The van der Waals surface area contributed by atoms with Gasteiger partial charge in [-0.3, -0.25) is 10.1 Å². The number of rotatable bonds is 5. The summed E-state index contributed by atoms with van der Waals surface area (Å²) in [6.07, 6.45) is 0.935. The molecule has 0 amide bonds. The van der Waals surface area contributed by atoms with Crippen molar-refractivity contribution >= 4 is 11.5 Å². The summed E-state index contributed by atoms with van der Waals surface area (Å²) < 4.78 is 1.52. The highest BCUT2D eigenvalue weighted by molar-refractivity contribution is 5.59. The van der Waals surface area contributed by atoms with Gasteiger partial charge in [0.25, 0.3) is 0 Å². The molecule has 106 valence electrons. The highest BCUT2D eigenvalue weighted by atomic mass is 16.6. The van der Waals surface area contributed by atoms with E-state index in [-0.39, 0.29) is 5.69 Å². The number of hydrogen-bond donors (Lipinski definition) is 1. The van der Waals surface area contributed by atoms with E-state index in [0.29, 0.717) is 18.1 Å². The van der Waals surface area contributed by atoms with Gasteiger partial charge in [0.15, 0.2) is 0 Å². The van der Waals surface area contributed by atoms with Crippen LogP contribution in [0.5, 0.6) is 0 Å². The zero-order valence-corrected chi connectivity index (χ0v) is 11.9. The molecule has 1 heterocycles. The van der Waals surface area contributed by atoms with Crippen LogP contribution in [0.1, 0.15) is 23.7 Å². The van der Waals surface area contributed by atoms with E-state index >= 15 is 0 Å². The molecule has 0 saturated carbocycles. The molecular weight excluding hydrogens is 256 g/mol. The second kappa shape index (κ2) is 5.73. The molecule has 1 aromatic heterocycles. The molecule has 2 aromatic rings. The Labute approximate surface area is 117 Å². The van der Waals surface area contributed by atoms with Gasteiger partial charge in [0, 0.05) is 13.6 Å². The van der Waals surface area contributed by atoms with Gasteiger partial charge in [0.1, 0.15) is 5.69 Å². The third-order valence-corrected chi connectivity index (χ3v) is 3.32. The fourth-order valence-corrected chi connectivity index (χ4v) is 2.32. The molecule has 1 aromatic carbocycles. The number of anilines is 1. The van der Waals surface area contributed by atoms with E-state index in [9.17, 15) is 10.1 Å². The number of hydrogen-bond acceptors (Lipinski definition) is 4. The normalized spacial score (nSPS) is 10.6. The second-order valence-corrected chi connectivity index (χ2v) is 4.64. The van der Waals surface area contributed by atoms with Gasteiger partial charge in [-0.1, -0.05) is 31.2 Å². The van der Waals surface area contributed by atoms with Crippen molar-refractivity contribution in [1.82, 2.24) is 9.78 Å². The van der Waals surface area contributed by atoms with E-state index in [0.717, 1.165) is 12.0 Å². The summed E-state index contributed by atoms with van der Waals surface area (Å²) in [5.41, 5.74) is 2.84. The number of benzene rings is 1. The van der Waals surface area contributed by atoms with Crippen molar-refractivity contribution in [2.45, 2.75) is 26.8 Å². The fraction of sp³-hybridized carbons (Fsp3) is 0.357. The lowest BCUT2D eigenvalue weighted by molar-refractivity contribution is -0.384. The molecule has 0 aliphatic carbocycles. The maximum absolute atomic E-state index is 11.1. The third kappa shape index (κ3) is 2.64. The van der Waals surface area contributed by atoms with Gasteiger partial charge in [-0.2, -0.15) is 5.10 Å². The molecule has 0 unspecified atom stereocenters. The van der Waals surface area contributed by atoms with Crippen LogP contribution >= 0.6 is 0 Å². The first-order valence-electron chi connectivity index (χ1n) is 6.53. The summed E-state index contributed by atoms with van der Waals surface area (Å²) in [6, 6.07) is 8.07. The van der Waals surface area contributed by atoms with E-state index in [4.69, 9.17) is 0 Å². The lowest BCUT2D eigenvalue weighted by Gasteiger charge is -2.10. The van der Waals surface area contributed by atoms with Crippen LogP contribution in [-0.4, -0.2) is 14.7 Å². The summed E-state index contributed by atoms with van der Waals surface area (Å²) in [6.45, 7) is 4.28. The smallest absolute Gasteiger partial charge is 0.333 e. The van der Waals surface area contributed by atoms with Crippen LogP contribution in [-0.2, 0) is 20.0 Å². The lowest BCUT2D eigenvalue weighted by atomic mass is 10.1. The monoisotopic (exact) mass is 274 g/mol. The van der Waals surface area contributed by atoms with Crippen LogP contribution in [0.3, 0.4) is 0 Å². The minimum absolute atomic E-state index is 0.0430. The van der Waals surface area contributed by atoms with E-state index in [2.05, 4.69) is 23.4 Å². The largest absolute Gasteiger partial charge is 0.360 e. The van der Waals surface area contributed by atoms with Crippen LogP contribution < -0.4 is 5.32 Å². The summed E-state index contributed by atoms with van der Waals surface area (Å²) in [5.74, 6) is 0.443. The topological polar surface area (TPSA) is 73.0 Å². The Morgan fingerprint density at radius 3 is 2.60 bits per heavy atom. The Kier molecular flexibility index (Phi) is 4.02. The van der Waals surface area contributed by atoms with E-state index in [1.54, 1.807) is 14.0 Å². The number of aryl methyl sites for hydroxylation is 3. The fourth-order valence-electron chi connectivity index (χ4n) is 2.32. The molecule has 20 heavy (non-hydrogen) atoms. The SMILES string of the molecule is CCc1ccccc1CNc1c([N+](=O)[O-])c(C)nn1C. The Hall–Kier alpha value is -2.37. The molecule has 6 nitrogen and oxygen atoms in total. The number of nitro groups is 1. The zero-order chi connectivity index (χ0) is 14.7. The molecule has 0 saturated heterocycles. The Morgan fingerprint density at radius 2 is 2.00 bits per heavy atom. The van der Waals surface area contributed by atoms with E-state index in [1.165, 1.54) is 10.2 Å². The molecule has 0 aliphatic heterocycles. The maximum atomic E-state index is 11.1. The number of nitrogens with one attached hydrogen (secondary N) is 1. The zero-order valence-electron chi connectivity index (χ0n) is 11.9. The average Bonchev–Trinajstić information content (AvgIpc) is 2.71. The molecule has 0 atom stereocenters. The third-order valence-electron chi connectivity index (χ3n) is 3.32. The van der Waals surface area contributed by atoms with Gasteiger partial charge in [-0.05, 0) is 24.5 Å². The molecule has 0 fully saturated rings. The summed E-state index contributed by atoms with van der Waals surface area (Å²) in [4.78, 5) is 10.7. The van der Waals surface area contributed by atoms with Crippen molar-refractivity contribution < 1.29 is 4.92 Å². The maximum Gasteiger partial charge on any atom is 0.333 e. The van der Waals surface area contributed by atoms with Crippen molar-refractivity contribution in [2.75, 3.05) is 5.32 Å². The Balaban J connectivity index is 2.25. The van der Waals surface area contributed by atoms with Crippen LogP contribution in [0.25, 0.3) is 0 Å². The number of aromatic nitrogens is 2. The van der Waals surface area contributed by atoms with Crippen LogP contribution in [0, 0.1) is 17.0 Å². The van der Waals surface area contributed by atoms with E-state index < -0.39 is 4.92 Å². The molecule has 2 rings (SSSR count). The predicted molar refractivity (Wildman–Crippen MR) is 77.7 cm³/mol. The summed E-state index contributed by atoms with van der Waals surface area (Å²) in [7, 11) is 1.70. The Morgan fingerprint density at radius 1 is 1.35 bits per heavy atom. The molecule has 0 spiro atoms. The number of nitrogens with zero attached hydrogens (tertiary/aromatic N) is 3. The van der Waals surface area contributed by atoms with Gasteiger partial charge in [-0.25, -0.2) is 4.68 Å². The van der Waals surface area contributed by atoms with Crippen LogP contribution in [0.15, 0.2) is 24.3 Å². The van der Waals surface area contributed by atoms with Crippen molar-refractivity contribution in [2.24, 2.45) is 7.05 Å². The predicted octanol–water partition coefficient (Wildman–Crippen LogP) is 2.81.